The molecule has 0 unspecified atom stereocenters. The predicted molar refractivity (Wildman–Crippen MR) is 107 cm³/mol. The Morgan fingerprint density at radius 3 is 0.871 bits per heavy atom. The van der Waals surface area contributed by atoms with Crippen LogP contribution in [-0.2, 0) is 52.3 Å². The Balaban J connectivity index is 3.15. The van der Waals surface area contributed by atoms with E-state index in [9.17, 15) is 19.2 Å². The maximum atomic E-state index is 11.1. The fourth-order valence-electron chi connectivity index (χ4n) is 1.92. The smallest absolute Gasteiger partial charge is 0.313 e. The molecule has 31 heavy (non-hydrogen) atoms. The molecule has 0 saturated carbocycles. The predicted octanol–water partition coefficient (Wildman–Crippen LogP) is 0.114. The summed E-state index contributed by atoms with van der Waals surface area (Å²) in [6.45, 7) is 6.56. The lowest BCUT2D eigenvalue weighted by Gasteiger charge is -2.08. The van der Waals surface area contributed by atoms with Crippen LogP contribution in [0.3, 0.4) is 0 Å². The number of carbonyl (C=O) groups is 4. The molecule has 0 aliphatic carbocycles. The lowest BCUT2D eigenvalue weighted by atomic mass is 10.3. The number of carbonyl (C=O) groups excluding carboxylic acids is 4. The zero-order chi connectivity index (χ0) is 23.2. The third kappa shape index (κ3) is 24.2. The van der Waals surface area contributed by atoms with E-state index in [1.165, 1.54) is 13.8 Å². The minimum absolute atomic E-state index is 0.106. The van der Waals surface area contributed by atoms with Gasteiger partial charge in [-0.3, -0.25) is 19.2 Å². The summed E-state index contributed by atoms with van der Waals surface area (Å²) in [4.78, 5) is 43.6. The summed E-state index contributed by atoms with van der Waals surface area (Å²) < 4.78 is 36.0. The summed E-state index contributed by atoms with van der Waals surface area (Å²) in [5.41, 5.74) is 0. The van der Waals surface area contributed by atoms with E-state index in [0.717, 1.165) is 0 Å². The van der Waals surface area contributed by atoms with E-state index in [4.69, 9.17) is 33.2 Å². The Bertz CT molecular complexity index is 463. The fraction of sp³-hybridized carbons (Fsp3) is 0.800. The summed E-state index contributed by atoms with van der Waals surface area (Å²) in [5, 5.41) is 0. The van der Waals surface area contributed by atoms with Crippen LogP contribution in [0.25, 0.3) is 0 Å². The van der Waals surface area contributed by atoms with Crippen LogP contribution >= 0.6 is 0 Å². The highest BCUT2D eigenvalue weighted by Crippen LogP contribution is 1.90. The maximum absolute atomic E-state index is 11.1. The van der Waals surface area contributed by atoms with Gasteiger partial charge in [0.05, 0.1) is 66.1 Å². The van der Waals surface area contributed by atoms with Crippen LogP contribution in [-0.4, -0.2) is 103 Å². The van der Waals surface area contributed by atoms with E-state index < -0.39 is 11.9 Å². The molecule has 0 aliphatic heterocycles. The van der Waals surface area contributed by atoms with Crippen LogP contribution < -0.4 is 0 Å². The lowest BCUT2D eigenvalue weighted by Crippen LogP contribution is -2.16. The van der Waals surface area contributed by atoms with Gasteiger partial charge in [0, 0.05) is 0 Å². The first-order chi connectivity index (χ1) is 14.9. The fourth-order valence-corrected chi connectivity index (χ4v) is 1.92. The minimum Gasteiger partial charge on any atom is -0.463 e. The molecule has 0 bridgehead atoms. The summed E-state index contributed by atoms with van der Waals surface area (Å²) in [6, 6.07) is 0. The van der Waals surface area contributed by atoms with Crippen LogP contribution in [0.4, 0.5) is 0 Å². The van der Waals surface area contributed by atoms with Crippen molar-refractivity contribution < 1.29 is 52.3 Å². The van der Waals surface area contributed by atoms with Crippen LogP contribution in [0.15, 0.2) is 0 Å². The molecule has 0 saturated heterocycles. The van der Waals surface area contributed by atoms with Crippen molar-refractivity contribution in [2.75, 3.05) is 79.3 Å². The van der Waals surface area contributed by atoms with Gasteiger partial charge < -0.3 is 33.2 Å². The first-order valence-corrected chi connectivity index (χ1v) is 10.1. The highest BCUT2D eigenvalue weighted by molar-refractivity contribution is 5.94. The molecule has 11 heteroatoms. The molecule has 0 aliphatic rings. The number of Topliss-reactive ketones (excluding diaryl/α,β-unsaturated/α-hetero) is 2. The molecular formula is C20H34O11. The SMILES string of the molecule is CC(=O)CC(=O)OCCOCCOCCOCCOCCOCCOC(=O)CC(C)=O. The quantitative estimate of drug-likeness (QED) is 0.126. The molecule has 0 aromatic heterocycles. The third-order valence-electron chi connectivity index (χ3n) is 3.26. The van der Waals surface area contributed by atoms with Gasteiger partial charge in [-0.15, -0.1) is 0 Å². The van der Waals surface area contributed by atoms with Gasteiger partial charge in [0.25, 0.3) is 0 Å². The second kappa shape index (κ2) is 21.3. The number of ether oxygens (including phenoxy) is 7. The maximum Gasteiger partial charge on any atom is 0.313 e. The van der Waals surface area contributed by atoms with Crippen molar-refractivity contribution in [2.24, 2.45) is 0 Å². The Labute approximate surface area is 182 Å². The van der Waals surface area contributed by atoms with Crippen LogP contribution in [0.1, 0.15) is 26.7 Å². The third-order valence-corrected chi connectivity index (χ3v) is 3.26. The molecule has 180 valence electrons. The summed E-state index contributed by atoms with van der Waals surface area (Å²) in [5.74, 6) is -1.57. The second-order valence-electron chi connectivity index (χ2n) is 6.26. The number of rotatable bonds is 22. The topological polar surface area (TPSA) is 133 Å². The normalized spacial score (nSPS) is 10.6. The molecule has 0 heterocycles. The Morgan fingerprint density at radius 2 is 0.645 bits per heavy atom. The Hall–Kier alpha value is -1.92. The molecular weight excluding hydrogens is 416 g/mol. The van der Waals surface area contributed by atoms with Gasteiger partial charge in [0.2, 0.25) is 0 Å². The van der Waals surface area contributed by atoms with E-state index in [2.05, 4.69) is 0 Å². The van der Waals surface area contributed by atoms with Gasteiger partial charge in [0.1, 0.15) is 37.6 Å². The van der Waals surface area contributed by atoms with Crippen molar-refractivity contribution in [3.05, 3.63) is 0 Å². The second-order valence-corrected chi connectivity index (χ2v) is 6.26. The standard InChI is InChI=1S/C20H34O11/c1-17(21)15-19(23)30-13-11-28-9-7-26-5-3-25-4-6-27-8-10-29-12-14-31-20(24)16-18(2)22/h3-16H2,1-2H3. The van der Waals surface area contributed by atoms with Gasteiger partial charge in [-0.1, -0.05) is 0 Å². The van der Waals surface area contributed by atoms with Crippen LogP contribution in [0.2, 0.25) is 0 Å². The van der Waals surface area contributed by atoms with Crippen molar-refractivity contribution in [1.82, 2.24) is 0 Å². The van der Waals surface area contributed by atoms with Gasteiger partial charge in [-0.25, -0.2) is 0 Å². The number of esters is 2. The zero-order valence-corrected chi connectivity index (χ0v) is 18.4. The number of ketones is 2. The molecule has 11 nitrogen and oxygen atoms in total. The van der Waals surface area contributed by atoms with E-state index >= 15 is 0 Å². The van der Waals surface area contributed by atoms with Gasteiger partial charge in [-0.2, -0.15) is 0 Å². The van der Waals surface area contributed by atoms with Gasteiger partial charge >= 0.3 is 11.9 Å². The molecule has 0 fully saturated rings. The first-order valence-electron chi connectivity index (χ1n) is 10.1. The van der Waals surface area contributed by atoms with E-state index in [-0.39, 0.29) is 50.8 Å². The van der Waals surface area contributed by atoms with Gasteiger partial charge in [-0.05, 0) is 13.8 Å². The molecule has 0 radical (unpaired) electrons. The first kappa shape index (κ1) is 29.1. The Morgan fingerprint density at radius 1 is 0.419 bits per heavy atom. The largest absolute Gasteiger partial charge is 0.463 e. The zero-order valence-electron chi connectivity index (χ0n) is 18.4. The molecule has 0 amide bonds. The molecule has 0 spiro atoms. The minimum atomic E-state index is -0.550. The molecule has 0 aromatic carbocycles. The van der Waals surface area contributed by atoms with Crippen molar-refractivity contribution in [1.29, 1.82) is 0 Å². The van der Waals surface area contributed by atoms with E-state index in [0.29, 0.717) is 52.9 Å². The summed E-state index contributed by atoms with van der Waals surface area (Å²) >= 11 is 0. The lowest BCUT2D eigenvalue weighted by molar-refractivity contribution is -0.148. The highest BCUT2D eigenvalue weighted by Gasteiger charge is 2.06. The van der Waals surface area contributed by atoms with Crippen molar-refractivity contribution in [3.63, 3.8) is 0 Å². The number of hydrogen-bond acceptors (Lipinski definition) is 11. The Kier molecular flexibility index (Phi) is 20.0. The van der Waals surface area contributed by atoms with Crippen molar-refractivity contribution in [2.45, 2.75) is 26.7 Å². The van der Waals surface area contributed by atoms with Crippen molar-refractivity contribution >= 4 is 23.5 Å². The molecule has 0 atom stereocenters. The van der Waals surface area contributed by atoms with Crippen LogP contribution in [0, 0.1) is 0 Å². The van der Waals surface area contributed by atoms with Crippen LogP contribution in [0.5, 0.6) is 0 Å². The average molecular weight is 450 g/mol. The van der Waals surface area contributed by atoms with Crippen molar-refractivity contribution in [3.8, 4) is 0 Å². The molecule has 0 aromatic rings. The molecule has 0 rings (SSSR count). The molecule has 0 N–H and O–H groups in total. The summed E-state index contributed by atoms with van der Waals surface area (Å²) in [6.07, 6.45) is -0.435. The highest BCUT2D eigenvalue weighted by atomic mass is 16.6. The van der Waals surface area contributed by atoms with E-state index in [1.54, 1.807) is 0 Å². The van der Waals surface area contributed by atoms with E-state index in [1.807, 2.05) is 0 Å². The summed E-state index contributed by atoms with van der Waals surface area (Å²) in [7, 11) is 0. The van der Waals surface area contributed by atoms with Gasteiger partial charge in [0.15, 0.2) is 0 Å². The number of hydrogen-bond donors (Lipinski definition) is 0. The monoisotopic (exact) mass is 450 g/mol. The average Bonchev–Trinajstić information content (AvgIpc) is 2.68.